The van der Waals surface area contributed by atoms with E-state index in [1.165, 1.54) is 103 Å². The van der Waals surface area contributed by atoms with Gasteiger partial charge in [0.15, 0.2) is 0 Å². The zero-order valence-electron chi connectivity index (χ0n) is 17.8. The van der Waals surface area contributed by atoms with Crippen molar-refractivity contribution in [2.24, 2.45) is 5.73 Å². The summed E-state index contributed by atoms with van der Waals surface area (Å²) in [5.41, 5.74) is 5.73. The van der Waals surface area contributed by atoms with E-state index in [4.69, 9.17) is 5.73 Å². The summed E-state index contributed by atoms with van der Waals surface area (Å²) >= 11 is 0. The minimum atomic E-state index is -2.40. The van der Waals surface area contributed by atoms with Crippen LogP contribution >= 0.6 is 0 Å². The van der Waals surface area contributed by atoms with E-state index in [1.54, 1.807) is 0 Å². The highest BCUT2D eigenvalue weighted by Gasteiger charge is 2.17. The Hall–Kier alpha value is 0.0969. The van der Waals surface area contributed by atoms with Gasteiger partial charge in [-0.15, -0.1) is 0 Å². The third-order valence-electron chi connectivity index (χ3n) is 5.61. The Bertz CT molecular complexity index is 265. The van der Waals surface area contributed by atoms with Crippen molar-refractivity contribution in [3.8, 4) is 0 Å². The first-order valence-corrected chi connectivity index (χ1v) is 13.5. The average Bonchev–Trinajstić information content (AvgIpc) is 2.63. The molecule has 1 atom stereocenters. The third kappa shape index (κ3) is 18.9. The molecule has 0 aromatic heterocycles. The van der Waals surface area contributed by atoms with Crippen LogP contribution in [-0.2, 0) is 0 Å². The standard InChI is InChI=1S/C22H49NO2Si/c1-2-19-22(26(24)25)20-17-15-13-11-9-7-5-3-4-6-8-10-12-14-16-18-21-23/h22,24-26H,2-21,23H2,1H3. The van der Waals surface area contributed by atoms with Crippen LogP contribution in [0.4, 0.5) is 0 Å². The molecule has 0 heterocycles. The zero-order chi connectivity index (χ0) is 19.3. The molecular weight excluding hydrogens is 338 g/mol. The minimum absolute atomic E-state index is 0.228. The summed E-state index contributed by atoms with van der Waals surface area (Å²) in [6, 6.07) is 0. The van der Waals surface area contributed by atoms with Gasteiger partial charge in [0.1, 0.15) is 0 Å². The summed E-state index contributed by atoms with van der Waals surface area (Å²) in [6.07, 6.45) is 24.9. The van der Waals surface area contributed by atoms with E-state index in [2.05, 4.69) is 6.92 Å². The van der Waals surface area contributed by atoms with E-state index < -0.39 is 9.28 Å². The van der Waals surface area contributed by atoms with Crippen molar-refractivity contribution in [2.75, 3.05) is 6.54 Å². The minimum Gasteiger partial charge on any atom is -0.413 e. The molecule has 0 aliphatic rings. The summed E-state index contributed by atoms with van der Waals surface area (Å²) in [5.74, 6) is 0. The number of nitrogens with two attached hydrogens (primary N) is 1. The second-order valence-electron chi connectivity index (χ2n) is 8.20. The van der Waals surface area contributed by atoms with Gasteiger partial charge >= 0.3 is 9.28 Å². The zero-order valence-corrected chi connectivity index (χ0v) is 18.9. The monoisotopic (exact) mass is 387 g/mol. The first-order valence-electron chi connectivity index (χ1n) is 11.8. The molecule has 0 saturated carbocycles. The average molecular weight is 388 g/mol. The van der Waals surface area contributed by atoms with Crippen molar-refractivity contribution >= 4 is 9.28 Å². The molecule has 1 unspecified atom stereocenters. The fourth-order valence-electron chi connectivity index (χ4n) is 3.84. The molecule has 0 fully saturated rings. The summed E-state index contributed by atoms with van der Waals surface area (Å²) < 4.78 is 0. The highest BCUT2D eigenvalue weighted by atomic mass is 28.3. The molecule has 26 heavy (non-hydrogen) atoms. The van der Waals surface area contributed by atoms with E-state index in [0.29, 0.717) is 0 Å². The molecule has 0 radical (unpaired) electrons. The van der Waals surface area contributed by atoms with E-state index in [9.17, 15) is 9.59 Å². The summed E-state index contributed by atoms with van der Waals surface area (Å²) in [5, 5.41) is 0. The Labute approximate surface area is 166 Å². The second-order valence-corrected chi connectivity index (χ2v) is 9.97. The fourth-order valence-corrected chi connectivity index (χ4v) is 5.00. The van der Waals surface area contributed by atoms with E-state index in [1.807, 2.05) is 0 Å². The molecule has 0 aliphatic carbocycles. The van der Waals surface area contributed by atoms with Crippen LogP contribution in [0.2, 0.25) is 5.54 Å². The summed E-state index contributed by atoms with van der Waals surface area (Å²) in [4.78, 5) is 18.9. The topological polar surface area (TPSA) is 66.5 Å². The molecule has 0 amide bonds. The molecule has 0 spiro atoms. The molecule has 0 rings (SSSR count). The van der Waals surface area contributed by atoms with Crippen molar-refractivity contribution in [1.82, 2.24) is 0 Å². The Balaban J connectivity index is 3.15. The highest BCUT2D eigenvalue weighted by molar-refractivity contribution is 6.43. The predicted octanol–water partition coefficient (Wildman–Crippen LogP) is 5.95. The van der Waals surface area contributed by atoms with Gasteiger partial charge in [-0.3, -0.25) is 0 Å². The normalized spacial score (nSPS) is 12.8. The summed E-state index contributed by atoms with van der Waals surface area (Å²) in [7, 11) is -2.40. The number of hydrogen-bond donors (Lipinski definition) is 3. The molecule has 0 bridgehead atoms. The molecule has 4 heteroatoms. The van der Waals surface area contributed by atoms with Gasteiger partial charge in [0.05, 0.1) is 0 Å². The Kier molecular flexibility index (Phi) is 21.5. The van der Waals surface area contributed by atoms with Crippen molar-refractivity contribution in [2.45, 2.75) is 134 Å². The number of unbranched alkanes of at least 4 members (excludes halogenated alkanes) is 15. The molecule has 0 aliphatic heterocycles. The lowest BCUT2D eigenvalue weighted by Gasteiger charge is -2.15. The van der Waals surface area contributed by atoms with Gasteiger partial charge < -0.3 is 15.3 Å². The van der Waals surface area contributed by atoms with Crippen LogP contribution in [0.25, 0.3) is 0 Å². The van der Waals surface area contributed by atoms with Crippen molar-refractivity contribution in [1.29, 1.82) is 0 Å². The molecule has 0 aromatic rings. The van der Waals surface area contributed by atoms with E-state index in [0.717, 1.165) is 25.8 Å². The maximum atomic E-state index is 9.47. The number of hydrogen-bond acceptors (Lipinski definition) is 3. The first-order chi connectivity index (χ1) is 12.7. The molecule has 0 aromatic carbocycles. The maximum Gasteiger partial charge on any atom is 0.319 e. The van der Waals surface area contributed by atoms with Crippen LogP contribution in [0.1, 0.15) is 129 Å². The lowest BCUT2D eigenvalue weighted by molar-refractivity contribution is 0.367. The maximum absolute atomic E-state index is 9.47. The van der Waals surface area contributed by atoms with Gasteiger partial charge in [-0.2, -0.15) is 0 Å². The quantitative estimate of drug-likeness (QED) is 0.168. The predicted molar refractivity (Wildman–Crippen MR) is 118 cm³/mol. The largest absolute Gasteiger partial charge is 0.413 e. The first kappa shape index (κ1) is 26.1. The van der Waals surface area contributed by atoms with Crippen LogP contribution in [-0.4, -0.2) is 25.4 Å². The Morgan fingerprint density at radius 1 is 0.577 bits per heavy atom. The molecule has 158 valence electrons. The highest BCUT2D eigenvalue weighted by Crippen LogP contribution is 2.23. The van der Waals surface area contributed by atoms with Crippen LogP contribution < -0.4 is 5.73 Å². The van der Waals surface area contributed by atoms with Crippen LogP contribution in [0, 0.1) is 0 Å². The third-order valence-corrected chi connectivity index (χ3v) is 7.12. The molecule has 0 saturated heterocycles. The molecular formula is C22H49NO2Si. The van der Waals surface area contributed by atoms with Gasteiger partial charge in [0.25, 0.3) is 0 Å². The lowest BCUT2D eigenvalue weighted by atomic mass is 10.0. The molecule has 4 N–H and O–H groups in total. The van der Waals surface area contributed by atoms with Crippen molar-refractivity contribution < 1.29 is 9.59 Å². The van der Waals surface area contributed by atoms with Crippen molar-refractivity contribution in [3.05, 3.63) is 0 Å². The second kappa shape index (κ2) is 21.4. The van der Waals surface area contributed by atoms with Gasteiger partial charge in [0, 0.05) is 0 Å². The van der Waals surface area contributed by atoms with Crippen LogP contribution in [0.5, 0.6) is 0 Å². The molecule has 3 nitrogen and oxygen atoms in total. The van der Waals surface area contributed by atoms with Crippen LogP contribution in [0.3, 0.4) is 0 Å². The summed E-state index contributed by atoms with van der Waals surface area (Å²) in [6.45, 7) is 2.99. The Morgan fingerprint density at radius 3 is 1.23 bits per heavy atom. The Morgan fingerprint density at radius 2 is 0.923 bits per heavy atom. The number of rotatable bonds is 21. The smallest absolute Gasteiger partial charge is 0.319 e. The SMILES string of the molecule is CCCC(CCCCCCCCCCCCCCCCCCN)[SiH](O)O. The van der Waals surface area contributed by atoms with E-state index >= 15 is 0 Å². The van der Waals surface area contributed by atoms with Crippen molar-refractivity contribution in [3.63, 3.8) is 0 Å². The van der Waals surface area contributed by atoms with Gasteiger partial charge in [-0.05, 0) is 31.3 Å². The van der Waals surface area contributed by atoms with Gasteiger partial charge in [-0.1, -0.05) is 110 Å². The van der Waals surface area contributed by atoms with E-state index in [-0.39, 0.29) is 5.54 Å². The fraction of sp³-hybridized carbons (Fsp3) is 1.00. The van der Waals surface area contributed by atoms with Crippen LogP contribution in [0.15, 0.2) is 0 Å². The van der Waals surface area contributed by atoms with Gasteiger partial charge in [0.2, 0.25) is 0 Å². The van der Waals surface area contributed by atoms with Gasteiger partial charge in [-0.25, -0.2) is 0 Å². The lowest BCUT2D eigenvalue weighted by Crippen LogP contribution is -2.20.